The molecule has 1 saturated carbocycles. The maximum atomic E-state index is 13.2. The third-order valence-corrected chi connectivity index (χ3v) is 7.36. The van der Waals surface area contributed by atoms with E-state index in [1.807, 2.05) is 4.90 Å². The summed E-state index contributed by atoms with van der Waals surface area (Å²) in [7, 11) is 2.17. The second-order valence-corrected chi connectivity index (χ2v) is 9.89. The molecule has 6 nitrogen and oxygen atoms in total. The smallest absolute Gasteiger partial charge is 0.338 e. The highest BCUT2D eigenvalue weighted by Crippen LogP contribution is 2.36. The van der Waals surface area contributed by atoms with E-state index in [1.54, 1.807) is 0 Å². The predicted octanol–water partition coefficient (Wildman–Crippen LogP) is 5.11. The molecule has 1 heterocycles. The molecule has 1 aromatic rings. The minimum absolute atomic E-state index is 0.0326. The Kier molecular flexibility index (Phi) is 8.49. The molecule has 1 aliphatic carbocycles. The lowest BCUT2D eigenvalue weighted by molar-refractivity contribution is -0.137. The zero-order valence-electron chi connectivity index (χ0n) is 20.5. The van der Waals surface area contributed by atoms with Gasteiger partial charge in [-0.3, -0.25) is 4.79 Å². The first-order valence-electron chi connectivity index (χ1n) is 12.3. The van der Waals surface area contributed by atoms with Crippen molar-refractivity contribution in [2.45, 2.75) is 89.6 Å². The van der Waals surface area contributed by atoms with Gasteiger partial charge in [-0.1, -0.05) is 19.4 Å². The van der Waals surface area contributed by atoms with Crippen molar-refractivity contribution in [2.24, 2.45) is 5.92 Å². The van der Waals surface area contributed by atoms with E-state index in [2.05, 4.69) is 43.4 Å². The fourth-order valence-corrected chi connectivity index (χ4v) is 5.37. The summed E-state index contributed by atoms with van der Waals surface area (Å²) in [6.45, 7) is 7.15. The highest BCUT2D eigenvalue weighted by Gasteiger charge is 2.42. The molecule has 2 fully saturated rings. The van der Waals surface area contributed by atoms with E-state index in [0.29, 0.717) is 31.0 Å². The summed E-state index contributed by atoms with van der Waals surface area (Å²) in [5, 5.41) is 5.09. The summed E-state index contributed by atoms with van der Waals surface area (Å²) in [4.78, 5) is 30.0. The average Bonchev–Trinajstić information content (AvgIpc) is 3.12. The SMILES string of the molecule is CCC[C@@H]1C[C@H](N(C)C(C)C)CC[C@@H]1N1CC[C@H](NC(=O)Nc2cccc(C(F)(F)F)c2)C1=O. The molecule has 3 amide bonds. The van der Waals surface area contributed by atoms with Crippen molar-refractivity contribution in [3.8, 4) is 0 Å². The molecule has 1 saturated heterocycles. The number of nitrogens with zero attached hydrogens (tertiary/aromatic N) is 2. The lowest BCUT2D eigenvalue weighted by Gasteiger charge is -2.44. The van der Waals surface area contributed by atoms with Gasteiger partial charge in [0.25, 0.3) is 0 Å². The third-order valence-electron chi connectivity index (χ3n) is 7.36. The first-order valence-corrected chi connectivity index (χ1v) is 12.3. The van der Waals surface area contributed by atoms with Crippen molar-refractivity contribution >= 4 is 17.6 Å². The first kappa shape index (κ1) is 26.3. The Balaban J connectivity index is 1.60. The molecule has 0 radical (unpaired) electrons. The fraction of sp³-hybridized carbons (Fsp3) is 0.680. The topological polar surface area (TPSA) is 64.7 Å². The van der Waals surface area contributed by atoms with Crippen LogP contribution in [-0.2, 0) is 11.0 Å². The van der Waals surface area contributed by atoms with Gasteiger partial charge in [-0.25, -0.2) is 4.79 Å². The Bertz CT molecular complexity index is 861. The van der Waals surface area contributed by atoms with Crippen LogP contribution in [0, 0.1) is 5.92 Å². The number of likely N-dealkylation sites (tertiary alicyclic amines) is 1. The van der Waals surface area contributed by atoms with Crippen LogP contribution in [0.4, 0.5) is 23.7 Å². The number of carbonyl (C=O) groups is 2. The van der Waals surface area contributed by atoms with Crippen molar-refractivity contribution in [1.29, 1.82) is 0 Å². The van der Waals surface area contributed by atoms with Crippen molar-refractivity contribution < 1.29 is 22.8 Å². The van der Waals surface area contributed by atoms with Crippen LogP contribution in [0.5, 0.6) is 0 Å². The molecule has 1 aromatic carbocycles. The number of carbonyl (C=O) groups excluding carboxylic acids is 2. The second kappa shape index (κ2) is 11.0. The van der Waals surface area contributed by atoms with Crippen LogP contribution >= 0.6 is 0 Å². The first-order chi connectivity index (χ1) is 16.0. The molecule has 0 spiro atoms. The van der Waals surface area contributed by atoms with Crippen LogP contribution in [0.2, 0.25) is 0 Å². The van der Waals surface area contributed by atoms with Crippen LogP contribution in [-0.4, -0.2) is 59.5 Å². The quantitative estimate of drug-likeness (QED) is 0.568. The largest absolute Gasteiger partial charge is 0.416 e. The summed E-state index contributed by atoms with van der Waals surface area (Å²) in [6.07, 6.45) is 1.17. The number of hydrogen-bond acceptors (Lipinski definition) is 3. The van der Waals surface area contributed by atoms with Gasteiger partial charge in [-0.2, -0.15) is 13.2 Å². The average molecular weight is 483 g/mol. The van der Waals surface area contributed by atoms with Crippen LogP contribution < -0.4 is 10.6 Å². The zero-order valence-corrected chi connectivity index (χ0v) is 20.5. The Morgan fingerprint density at radius 3 is 2.62 bits per heavy atom. The molecule has 1 aliphatic heterocycles. The van der Waals surface area contributed by atoms with E-state index in [1.165, 1.54) is 12.1 Å². The molecule has 2 aliphatic rings. The molecule has 190 valence electrons. The summed E-state index contributed by atoms with van der Waals surface area (Å²) >= 11 is 0. The zero-order chi connectivity index (χ0) is 25.0. The Morgan fingerprint density at radius 2 is 1.97 bits per heavy atom. The predicted molar refractivity (Wildman–Crippen MR) is 126 cm³/mol. The highest BCUT2D eigenvalue weighted by atomic mass is 19.4. The Labute approximate surface area is 200 Å². The van der Waals surface area contributed by atoms with Crippen molar-refractivity contribution in [3.05, 3.63) is 29.8 Å². The van der Waals surface area contributed by atoms with Crippen LogP contribution in [0.25, 0.3) is 0 Å². The van der Waals surface area contributed by atoms with Crippen molar-refractivity contribution in [2.75, 3.05) is 18.9 Å². The van der Waals surface area contributed by atoms with Crippen molar-refractivity contribution in [1.82, 2.24) is 15.1 Å². The van der Waals surface area contributed by atoms with Crippen LogP contribution in [0.15, 0.2) is 24.3 Å². The molecular weight excluding hydrogens is 445 g/mol. The van der Waals surface area contributed by atoms with E-state index in [9.17, 15) is 22.8 Å². The van der Waals surface area contributed by atoms with E-state index in [-0.39, 0.29) is 17.6 Å². The maximum absolute atomic E-state index is 13.2. The van der Waals surface area contributed by atoms with Gasteiger partial charge >= 0.3 is 12.2 Å². The van der Waals surface area contributed by atoms with E-state index in [0.717, 1.165) is 44.2 Å². The van der Waals surface area contributed by atoms with E-state index in [4.69, 9.17) is 0 Å². The molecule has 0 bridgehead atoms. The number of anilines is 1. The lowest BCUT2D eigenvalue weighted by atomic mass is 9.77. The summed E-state index contributed by atoms with van der Waals surface area (Å²) in [6, 6.07) is 4.27. The summed E-state index contributed by atoms with van der Waals surface area (Å²) in [5.74, 6) is 0.326. The molecule has 2 N–H and O–H groups in total. The fourth-order valence-electron chi connectivity index (χ4n) is 5.37. The van der Waals surface area contributed by atoms with Gasteiger partial charge in [0.2, 0.25) is 5.91 Å². The van der Waals surface area contributed by atoms with Crippen molar-refractivity contribution in [3.63, 3.8) is 0 Å². The number of hydrogen-bond donors (Lipinski definition) is 2. The van der Waals surface area contributed by atoms with Gasteiger partial charge in [-0.15, -0.1) is 0 Å². The van der Waals surface area contributed by atoms with E-state index < -0.39 is 23.8 Å². The number of urea groups is 1. The van der Waals surface area contributed by atoms with Crippen LogP contribution in [0.1, 0.15) is 64.9 Å². The number of benzene rings is 1. The van der Waals surface area contributed by atoms with Gasteiger partial charge in [0.1, 0.15) is 6.04 Å². The van der Waals surface area contributed by atoms with Crippen LogP contribution in [0.3, 0.4) is 0 Å². The summed E-state index contributed by atoms with van der Waals surface area (Å²) in [5.41, 5.74) is -0.806. The van der Waals surface area contributed by atoms with E-state index >= 15 is 0 Å². The highest BCUT2D eigenvalue weighted by molar-refractivity contribution is 5.94. The van der Waals surface area contributed by atoms with Gasteiger partial charge < -0.3 is 20.4 Å². The van der Waals surface area contributed by atoms with Gasteiger partial charge in [-0.05, 0) is 77.1 Å². The molecule has 3 rings (SSSR count). The normalized spacial score (nSPS) is 25.8. The monoisotopic (exact) mass is 482 g/mol. The minimum Gasteiger partial charge on any atom is -0.338 e. The molecule has 0 unspecified atom stereocenters. The molecule has 9 heteroatoms. The molecule has 4 atom stereocenters. The lowest BCUT2D eigenvalue weighted by Crippen LogP contribution is -2.52. The third kappa shape index (κ3) is 6.23. The number of alkyl halides is 3. The molecular formula is C25H37F3N4O2. The number of rotatable bonds is 7. The number of amides is 3. The number of halogens is 3. The molecule has 34 heavy (non-hydrogen) atoms. The van der Waals surface area contributed by atoms with Gasteiger partial charge in [0.05, 0.1) is 5.56 Å². The maximum Gasteiger partial charge on any atom is 0.416 e. The second-order valence-electron chi connectivity index (χ2n) is 9.89. The Morgan fingerprint density at radius 1 is 1.24 bits per heavy atom. The number of nitrogens with one attached hydrogen (secondary N) is 2. The van der Waals surface area contributed by atoms with Gasteiger partial charge in [0, 0.05) is 30.4 Å². The standard InChI is InChI=1S/C25H37F3N4O2/c1-5-7-17-14-20(31(4)16(2)3)10-11-22(17)32-13-12-21(23(32)33)30-24(34)29-19-9-6-8-18(15-19)25(26,27)28/h6,8-9,15-17,20-22H,5,7,10-14H2,1-4H3,(H2,29,30,34)/t17-,20-,21+,22+/m1/s1. The minimum atomic E-state index is -4.49. The van der Waals surface area contributed by atoms with Gasteiger partial charge in [0.15, 0.2) is 0 Å². The molecule has 0 aromatic heterocycles. The summed E-state index contributed by atoms with van der Waals surface area (Å²) < 4.78 is 38.8. The Hall–Kier alpha value is -2.29.